The van der Waals surface area contributed by atoms with Gasteiger partial charge < -0.3 is 10.2 Å². The van der Waals surface area contributed by atoms with E-state index in [1.807, 2.05) is 32.9 Å². The minimum Gasteiger partial charge on any atom is -0.353 e. The maximum atomic E-state index is 13.2. The summed E-state index contributed by atoms with van der Waals surface area (Å²) in [5.41, 5.74) is 2.65. The number of amides is 1. The van der Waals surface area contributed by atoms with E-state index in [0.717, 1.165) is 49.2 Å². The first-order valence-electron chi connectivity index (χ1n) is 10.8. The molecule has 2 heterocycles. The third-order valence-electron chi connectivity index (χ3n) is 6.41. The summed E-state index contributed by atoms with van der Waals surface area (Å²) in [5.74, 6) is 0.00515. The number of hydrogen-bond acceptors (Lipinski definition) is 4. The second-order valence-electron chi connectivity index (χ2n) is 8.62. The van der Waals surface area contributed by atoms with E-state index in [1.165, 1.54) is 0 Å². The lowest BCUT2D eigenvalue weighted by molar-refractivity contribution is -0.127. The molecule has 162 valence electrons. The Morgan fingerprint density at radius 2 is 1.55 bits per heavy atom. The summed E-state index contributed by atoms with van der Waals surface area (Å²) in [6.07, 6.45) is 3.17. The monoisotopic (exact) mass is 421 g/mol. The summed E-state index contributed by atoms with van der Waals surface area (Å²) in [5, 5.41) is 3.21. The van der Waals surface area contributed by atoms with Crippen molar-refractivity contribution in [2.75, 3.05) is 32.7 Å². The highest BCUT2D eigenvalue weighted by Crippen LogP contribution is 2.29. The Morgan fingerprint density at radius 3 is 2.07 bits per heavy atom. The number of nitrogens with one attached hydrogen (secondary N) is 1. The fourth-order valence-corrected chi connectivity index (χ4v) is 6.66. The van der Waals surface area contributed by atoms with Crippen LogP contribution in [0.2, 0.25) is 0 Å². The molecular formula is C22H35N3O3S. The van der Waals surface area contributed by atoms with Gasteiger partial charge >= 0.3 is 0 Å². The first kappa shape index (κ1) is 22.2. The number of hydrogen-bond donors (Lipinski definition) is 1. The maximum Gasteiger partial charge on any atom is 0.243 e. The smallest absolute Gasteiger partial charge is 0.243 e. The van der Waals surface area contributed by atoms with Gasteiger partial charge in [0.1, 0.15) is 0 Å². The Morgan fingerprint density at radius 1 is 1.00 bits per heavy atom. The van der Waals surface area contributed by atoms with Gasteiger partial charge in [0.15, 0.2) is 0 Å². The largest absolute Gasteiger partial charge is 0.353 e. The zero-order valence-electron chi connectivity index (χ0n) is 18.2. The third-order valence-corrected chi connectivity index (χ3v) is 8.61. The van der Waals surface area contributed by atoms with Crippen LogP contribution in [0.15, 0.2) is 17.0 Å². The minimum atomic E-state index is -3.53. The number of likely N-dealkylation sites (tertiary alicyclic amines) is 1. The molecule has 0 unspecified atom stereocenters. The van der Waals surface area contributed by atoms with Crippen molar-refractivity contribution < 1.29 is 13.2 Å². The van der Waals surface area contributed by atoms with Crippen molar-refractivity contribution in [2.24, 2.45) is 5.92 Å². The van der Waals surface area contributed by atoms with Crippen LogP contribution in [0, 0.1) is 26.7 Å². The molecule has 0 aromatic heterocycles. The van der Waals surface area contributed by atoms with Gasteiger partial charge in [-0.25, -0.2) is 8.42 Å². The van der Waals surface area contributed by atoms with Crippen LogP contribution >= 0.6 is 0 Å². The highest BCUT2D eigenvalue weighted by atomic mass is 32.2. The second-order valence-corrected chi connectivity index (χ2v) is 10.5. The highest BCUT2D eigenvalue weighted by Gasteiger charge is 2.34. The van der Waals surface area contributed by atoms with Crippen LogP contribution < -0.4 is 5.32 Å². The van der Waals surface area contributed by atoms with E-state index in [2.05, 4.69) is 17.1 Å². The summed E-state index contributed by atoms with van der Waals surface area (Å²) in [6.45, 7) is 11.8. The lowest BCUT2D eigenvalue weighted by Gasteiger charge is -2.34. The molecule has 29 heavy (non-hydrogen) atoms. The van der Waals surface area contributed by atoms with Gasteiger partial charge in [0, 0.05) is 38.1 Å². The van der Waals surface area contributed by atoms with Crippen LogP contribution in [0.25, 0.3) is 0 Å². The molecule has 2 aliphatic rings. The Hall–Kier alpha value is -1.44. The predicted molar refractivity (Wildman–Crippen MR) is 115 cm³/mol. The van der Waals surface area contributed by atoms with Crippen LogP contribution in [0.5, 0.6) is 0 Å². The lowest BCUT2D eigenvalue weighted by atomic mass is 9.96. The van der Waals surface area contributed by atoms with Crippen molar-refractivity contribution in [3.63, 3.8) is 0 Å². The van der Waals surface area contributed by atoms with Crippen LogP contribution in [-0.4, -0.2) is 62.3 Å². The molecule has 0 bridgehead atoms. The SMILES string of the molecule is CCN1CCC(NC(=O)C2CCN(S(=O)(=O)c3c(C)cc(C)cc3C)CC2)CC1. The topological polar surface area (TPSA) is 69.7 Å². The van der Waals surface area contributed by atoms with Gasteiger partial charge in [0.05, 0.1) is 4.90 Å². The van der Waals surface area contributed by atoms with Crippen molar-refractivity contribution in [3.8, 4) is 0 Å². The summed E-state index contributed by atoms with van der Waals surface area (Å²) < 4.78 is 28.0. The molecule has 2 saturated heterocycles. The van der Waals surface area contributed by atoms with E-state index in [1.54, 1.807) is 4.31 Å². The van der Waals surface area contributed by atoms with Crippen molar-refractivity contribution in [1.82, 2.24) is 14.5 Å². The first-order valence-corrected chi connectivity index (χ1v) is 12.3. The molecular weight excluding hydrogens is 386 g/mol. The third kappa shape index (κ3) is 5.01. The molecule has 0 atom stereocenters. The molecule has 1 amide bonds. The number of rotatable bonds is 5. The fraction of sp³-hybridized carbons (Fsp3) is 0.682. The molecule has 0 saturated carbocycles. The molecule has 7 heteroatoms. The normalized spacial score (nSPS) is 20.7. The Balaban J connectivity index is 1.58. The molecule has 6 nitrogen and oxygen atoms in total. The van der Waals surface area contributed by atoms with Gasteiger partial charge in [0.2, 0.25) is 15.9 Å². The summed E-state index contributed by atoms with van der Waals surface area (Å²) >= 11 is 0. The number of benzene rings is 1. The average Bonchev–Trinajstić information content (AvgIpc) is 2.67. The maximum absolute atomic E-state index is 13.2. The number of aryl methyl sites for hydroxylation is 3. The molecule has 2 fully saturated rings. The fourth-order valence-electron chi connectivity index (χ4n) is 4.77. The van der Waals surface area contributed by atoms with Gasteiger partial charge in [-0.05, 0) is 64.1 Å². The van der Waals surface area contributed by atoms with Crippen molar-refractivity contribution in [3.05, 3.63) is 28.8 Å². The van der Waals surface area contributed by atoms with Gasteiger partial charge in [-0.15, -0.1) is 0 Å². The van der Waals surface area contributed by atoms with E-state index in [0.29, 0.717) is 30.8 Å². The van der Waals surface area contributed by atoms with E-state index in [-0.39, 0.29) is 17.9 Å². The van der Waals surface area contributed by atoms with Crippen LogP contribution in [0.3, 0.4) is 0 Å². The molecule has 2 aliphatic heterocycles. The van der Waals surface area contributed by atoms with Crippen molar-refractivity contribution in [2.45, 2.75) is 64.3 Å². The van der Waals surface area contributed by atoms with Crippen LogP contribution in [-0.2, 0) is 14.8 Å². The van der Waals surface area contributed by atoms with E-state index in [4.69, 9.17) is 0 Å². The summed E-state index contributed by atoms with van der Waals surface area (Å²) in [7, 11) is -3.53. The van der Waals surface area contributed by atoms with Crippen molar-refractivity contribution in [1.29, 1.82) is 0 Å². The van der Waals surface area contributed by atoms with Crippen LogP contribution in [0.1, 0.15) is 49.3 Å². The van der Waals surface area contributed by atoms with Gasteiger partial charge in [-0.3, -0.25) is 4.79 Å². The van der Waals surface area contributed by atoms with E-state index < -0.39 is 10.0 Å². The van der Waals surface area contributed by atoms with Crippen molar-refractivity contribution >= 4 is 15.9 Å². The van der Waals surface area contributed by atoms with Crippen LogP contribution in [0.4, 0.5) is 0 Å². The number of carbonyl (C=O) groups excluding carboxylic acids is 1. The van der Waals surface area contributed by atoms with Gasteiger partial charge in [0.25, 0.3) is 0 Å². The molecule has 1 N–H and O–H groups in total. The molecule has 1 aromatic carbocycles. The standard InChI is InChI=1S/C22H35N3O3S/c1-5-24-10-8-20(9-11-24)23-22(26)19-6-12-25(13-7-19)29(27,28)21-17(3)14-16(2)15-18(21)4/h14-15,19-20H,5-13H2,1-4H3,(H,23,26). The van der Waals surface area contributed by atoms with E-state index in [9.17, 15) is 13.2 Å². The van der Waals surface area contributed by atoms with Gasteiger partial charge in [-0.1, -0.05) is 24.6 Å². The lowest BCUT2D eigenvalue weighted by Crippen LogP contribution is -2.48. The zero-order valence-corrected chi connectivity index (χ0v) is 19.0. The number of carbonyl (C=O) groups is 1. The highest BCUT2D eigenvalue weighted by molar-refractivity contribution is 7.89. The molecule has 0 spiro atoms. The van der Waals surface area contributed by atoms with Gasteiger partial charge in [-0.2, -0.15) is 4.31 Å². The number of sulfonamides is 1. The summed E-state index contributed by atoms with van der Waals surface area (Å²) in [4.78, 5) is 15.5. The quantitative estimate of drug-likeness (QED) is 0.793. The zero-order chi connectivity index (χ0) is 21.2. The first-order chi connectivity index (χ1) is 13.7. The molecule has 0 aliphatic carbocycles. The second kappa shape index (κ2) is 9.14. The molecule has 3 rings (SSSR count). The number of piperidine rings is 2. The Kier molecular flexibility index (Phi) is 7.02. The Bertz CT molecular complexity index is 814. The Labute approximate surface area is 175 Å². The predicted octanol–water partition coefficient (Wildman–Crippen LogP) is 2.61. The number of nitrogens with zero attached hydrogens (tertiary/aromatic N) is 2. The van der Waals surface area contributed by atoms with E-state index >= 15 is 0 Å². The minimum absolute atomic E-state index is 0.0918. The molecule has 1 aromatic rings. The molecule has 0 radical (unpaired) electrons. The average molecular weight is 422 g/mol. The summed E-state index contributed by atoms with van der Waals surface area (Å²) in [6, 6.07) is 4.10.